The van der Waals surface area contributed by atoms with Crippen molar-refractivity contribution in [1.29, 1.82) is 0 Å². The molecular weight excluding hydrogens is 368 g/mol. The van der Waals surface area contributed by atoms with Crippen LogP contribution in [0.1, 0.15) is 54.2 Å². The van der Waals surface area contributed by atoms with Gasteiger partial charge in [0, 0.05) is 6.54 Å². The van der Waals surface area contributed by atoms with Crippen molar-refractivity contribution in [2.45, 2.75) is 51.8 Å². The number of benzene rings is 2. The molecule has 7 heteroatoms. The summed E-state index contributed by atoms with van der Waals surface area (Å²) in [5, 5.41) is 11.1. The molecule has 0 saturated carbocycles. The van der Waals surface area contributed by atoms with E-state index in [4.69, 9.17) is 4.74 Å². The monoisotopic (exact) mass is 392 g/mol. The minimum absolute atomic E-state index is 0.0472. The number of nitrogens with zero attached hydrogens (tertiary/aromatic N) is 3. The Morgan fingerprint density at radius 1 is 1.28 bits per heavy atom. The molecule has 1 aromatic heterocycles. The first kappa shape index (κ1) is 19.1. The van der Waals surface area contributed by atoms with Crippen molar-refractivity contribution in [2.75, 3.05) is 0 Å². The zero-order valence-corrected chi connectivity index (χ0v) is 16.6. The van der Waals surface area contributed by atoms with Crippen LogP contribution in [0.4, 0.5) is 0 Å². The fraction of sp³-hybridized carbons (Fsp3) is 0.364. The van der Waals surface area contributed by atoms with Crippen LogP contribution in [-0.4, -0.2) is 33.0 Å². The van der Waals surface area contributed by atoms with Crippen LogP contribution >= 0.6 is 0 Å². The van der Waals surface area contributed by atoms with E-state index in [1.807, 2.05) is 19.1 Å². The maximum Gasteiger partial charge on any atom is 0.338 e. The Bertz CT molecular complexity index is 1060. The molecule has 3 aromatic rings. The van der Waals surface area contributed by atoms with Crippen molar-refractivity contribution in [2.24, 2.45) is 0 Å². The summed E-state index contributed by atoms with van der Waals surface area (Å²) in [6.07, 6.45) is 2.04. The van der Waals surface area contributed by atoms with Gasteiger partial charge in [0.05, 0.1) is 17.1 Å². The number of hydrogen-bond acceptors (Lipinski definition) is 5. The Kier molecular flexibility index (Phi) is 5.29. The predicted molar refractivity (Wildman–Crippen MR) is 108 cm³/mol. The predicted octanol–water partition coefficient (Wildman–Crippen LogP) is 3.19. The van der Waals surface area contributed by atoms with Gasteiger partial charge < -0.3 is 10.1 Å². The molecule has 0 unspecified atom stereocenters. The fourth-order valence-corrected chi connectivity index (χ4v) is 3.81. The van der Waals surface area contributed by atoms with Crippen LogP contribution in [0.15, 0.2) is 42.5 Å². The molecule has 0 aliphatic heterocycles. The second-order valence-corrected chi connectivity index (χ2v) is 7.31. The van der Waals surface area contributed by atoms with Crippen LogP contribution in [0.2, 0.25) is 0 Å². The number of carbonyl (C=O) groups is 2. The van der Waals surface area contributed by atoms with Gasteiger partial charge in [0.2, 0.25) is 0 Å². The van der Waals surface area contributed by atoms with Gasteiger partial charge in [-0.05, 0) is 62.4 Å². The molecule has 0 radical (unpaired) electrons. The first-order valence-corrected chi connectivity index (χ1v) is 9.99. The molecule has 0 spiro atoms. The lowest BCUT2D eigenvalue weighted by molar-refractivity contribution is -0.130. The molecule has 4 rings (SSSR count). The lowest BCUT2D eigenvalue weighted by Crippen LogP contribution is -2.39. The first-order chi connectivity index (χ1) is 14.1. The van der Waals surface area contributed by atoms with Crippen molar-refractivity contribution in [3.63, 3.8) is 0 Å². The lowest BCUT2D eigenvalue weighted by atomic mass is 9.87. The number of carbonyl (C=O) groups excluding carboxylic acids is 2. The summed E-state index contributed by atoms with van der Waals surface area (Å²) in [6.45, 7) is 4.26. The molecule has 7 nitrogen and oxygen atoms in total. The normalized spacial score (nSPS) is 16.8. The minimum atomic E-state index is -0.890. The fourth-order valence-electron chi connectivity index (χ4n) is 3.81. The molecule has 0 fully saturated rings. The molecule has 0 saturated heterocycles. The standard InChI is InChI=1S/C22H24N4O3/c1-3-26-20-12-11-16(13-19(20)24-25-26)22(28)29-14(2)21(27)23-18-10-6-8-15-7-4-5-9-17(15)18/h4-5,7,9,11-14,18H,3,6,8,10H2,1-2H3,(H,23,27)/t14-,18+/m1/s1. The van der Waals surface area contributed by atoms with E-state index in [0.29, 0.717) is 17.6 Å². The van der Waals surface area contributed by atoms with Crippen LogP contribution in [-0.2, 0) is 22.5 Å². The molecule has 150 valence electrons. The largest absolute Gasteiger partial charge is 0.449 e. The van der Waals surface area contributed by atoms with Gasteiger partial charge in [-0.2, -0.15) is 0 Å². The van der Waals surface area contributed by atoms with Crippen molar-refractivity contribution in [3.8, 4) is 0 Å². The maximum absolute atomic E-state index is 12.6. The summed E-state index contributed by atoms with van der Waals surface area (Å²) < 4.78 is 7.16. The van der Waals surface area contributed by atoms with E-state index < -0.39 is 12.1 Å². The van der Waals surface area contributed by atoms with Gasteiger partial charge in [0.25, 0.3) is 5.91 Å². The summed E-state index contributed by atoms with van der Waals surface area (Å²) in [5.74, 6) is -0.845. The van der Waals surface area contributed by atoms with Gasteiger partial charge in [0.1, 0.15) is 5.52 Å². The third-order valence-corrected chi connectivity index (χ3v) is 5.39. The summed E-state index contributed by atoms with van der Waals surface area (Å²) in [5.41, 5.74) is 4.24. The highest BCUT2D eigenvalue weighted by molar-refractivity contribution is 5.95. The van der Waals surface area contributed by atoms with Crippen LogP contribution < -0.4 is 5.32 Å². The van der Waals surface area contributed by atoms with Gasteiger partial charge in [-0.15, -0.1) is 5.10 Å². The van der Waals surface area contributed by atoms with Gasteiger partial charge in [-0.25, -0.2) is 9.48 Å². The van der Waals surface area contributed by atoms with Crippen molar-refractivity contribution in [1.82, 2.24) is 20.3 Å². The Hall–Kier alpha value is -3.22. The summed E-state index contributed by atoms with van der Waals surface area (Å²) >= 11 is 0. The molecule has 0 bridgehead atoms. The Morgan fingerprint density at radius 2 is 2.10 bits per heavy atom. The summed E-state index contributed by atoms with van der Waals surface area (Å²) in [6, 6.07) is 13.2. The second kappa shape index (κ2) is 8.03. The van der Waals surface area contributed by atoms with E-state index in [1.54, 1.807) is 29.8 Å². The first-order valence-electron chi connectivity index (χ1n) is 9.99. The average molecular weight is 392 g/mol. The zero-order chi connectivity index (χ0) is 20.4. The maximum atomic E-state index is 12.6. The van der Waals surface area contributed by atoms with Crippen LogP contribution in [0.3, 0.4) is 0 Å². The highest BCUT2D eigenvalue weighted by Gasteiger charge is 2.25. The third kappa shape index (κ3) is 3.85. The molecule has 1 amide bonds. The zero-order valence-electron chi connectivity index (χ0n) is 16.6. The Morgan fingerprint density at radius 3 is 2.93 bits per heavy atom. The third-order valence-electron chi connectivity index (χ3n) is 5.39. The molecule has 1 heterocycles. The molecule has 2 aromatic carbocycles. The van der Waals surface area contributed by atoms with Crippen LogP contribution in [0.5, 0.6) is 0 Å². The lowest BCUT2D eigenvalue weighted by Gasteiger charge is -2.27. The Balaban J connectivity index is 1.42. The molecule has 29 heavy (non-hydrogen) atoms. The number of aryl methyl sites for hydroxylation is 2. The number of aromatic nitrogens is 3. The van der Waals surface area contributed by atoms with Crippen molar-refractivity contribution in [3.05, 3.63) is 59.2 Å². The molecule has 1 aliphatic carbocycles. The smallest absolute Gasteiger partial charge is 0.338 e. The quantitative estimate of drug-likeness (QED) is 0.674. The highest BCUT2D eigenvalue weighted by Crippen LogP contribution is 2.29. The number of fused-ring (bicyclic) bond motifs is 2. The van der Waals surface area contributed by atoms with E-state index in [0.717, 1.165) is 30.3 Å². The van der Waals surface area contributed by atoms with E-state index in [2.05, 4.69) is 27.8 Å². The van der Waals surface area contributed by atoms with Gasteiger partial charge >= 0.3 is 5.97 Å². The van der Waals surface area contributed by atoms with E-state index >= 15 is 0 Å². The number of amides is 1. The SMILES string of the molecule is CCn1nnc2cc(C(=O)O[C@H](C)C(=O)N[C@H]3CCCc4ccccc43)ccc21. The van der Waals surface area contributed by atoms with E-state index in [9.17, 15) is 9.59 Å². The van der Waals surface area contributed by atoms with Crippen LogP contribution in [0.25, 0.3) is 11.0 Å². The molecule has 1 aliphatic rings. The number of esters is 1. The second-order valence-electron chi connectivity index (χ2n) is 7.31. The van der Waals surface area contributed by atoms with Gasteiger partial charge in [0.15, 0.2) is 6.10 Å². The van der Waals surface area contributed by atoms with E-state index in [1.165, 1.54) is 5.56 Å². The average Bonchev–Trinajstić information content (AvgIpc) is 3.16. The van der Waals surface area contributed by atoms with E-state index in [-0.39, 0.29) is 11.9 Å². The molecular formula is C22H24N4O3. The van der Waals surface area contributed by atoms with Crippen molar-refractivity contribution < 1.29 is 14.3 Å². The van der Waals surface area contributed by atoms with Crippen molar-refractivity contribution >= 4 is 22.9 Å². The summed E-state index contributed by atoms with van der Waals surface area (Å²) in [4.78, 5) is 25.1. The summed E-state index contributed by atoms with van der Waals surface area (Å²) in [7, 11) is 0. The molecule has 2 atom stereocenters. The van der Waals surface area contributed by atoms with Crippen LogP contribution in [0, 0.1) is 0 Å². The van der Waals surface area contributed by atoms with Gasteiger partial charge in [-0.1, -0.05) is 29.5 Å². The van der Waals surface area contributed by atoms with Gasteiger partial charge in [-0.3, -0.25) is 4.79 Å². The number of ether oxygens (including phenoxy) is 1. The number of rotatable bonds is 5. The molecule has 1 N–H and O–H groups in total. The highest BCUT2D eigenvalue weighted by atomic mass is 16.5. The number of nitrogens with one attached hydrogen (secondary N) is 1. The Labute approximate surface area is 169 Å². The topological polar surface area (TPSA) is 86.1 Å². The number of hydrogen-bond donors (Lipinski definition) is 1. The minimum Gasteiger partial charge on any atom is -0.449 e.